The molecule has 2 nitrogen and oxygen atoms in total. The van der Waals surface area contributed by atoms with E-state index in [2.05, 4.69) is 38.2 Å². The summed E-state index contributed by atoms with van der Waals surface area (Å²) in [6.45, 7) is 7.03. The van der Waals surface area contributed by atoms with Crippen molar-refractivity contribution in [2.45, 2.75) is 39.2 Å². The maximum atomic E-state index is 3.70. The van der Waals surface area contributed by atoms with Gasteiger partial charge in [-0.2, -0.15) is 0 Å². The molecule has 1 aliphatic carbocycles. The standard InChI is InChI=1S/C12H26N2/c1-10(2)7-12(9-14(3)4)13-8-11-5-6-11/h10-13H,5-9H2,1-4H3. The number of rotatable bonds is 7. The number of hydrogen-bond acceptors (Lipinski definition) is 2. The molecule has 0 heterocycles. The maximum Gasteiger partial charge on any atom is 0.0197 e. The zero-order valence-corrected chi connectivity index (χ0v) is 10.2. The van der Waals surface area contributed by atoms with Gasteiger partial charge in [0.05, 0.1) is 0 Å². The van der Waals surface area contributed by atoms with Crippen LogP contribution in [0.5, 0.6) is 0 Å². The monoisotopic (exact) mass is 198 g/mol. The van der Waals surface area contributed by atoms with Gasteiger partial charge in [-0.15, -0.1) is 0 Å². The first kappa shape index (κ1) is 12.0. The summed E-state index contributed by atoms with van der Waals surface area (Å²) < 4.78 is 0. The Morgan fingerprint density at radius 2 is 1.93 bits per heavy atom. The van der Waals surface area contributed by atoms with E-state index >= 15 is 0 Å². The van der Waals surface area contributed by atoms with Crippen molar-refractivity contribution in [3.63, 3.8) is 0 Å². The summed E-state index contributed by atoms with van der Waals surface area (Å²) in [5.74, 6) is 1.79. The average Bonchev–Trinajstić information content (AvgIpc) is 2.80. The van der Waals surface area contributed by atoms with Crippen LogP contribution >= 0.6 is 0 Å². The highest BCUT2D eigenvalue weighted by Crippen LogP contribution is 2.27. The molecule has 1 N–H and O–H groups in total. The van der Waals surface area contributed by atoms with Crippen molar-refractivity contribution in [2.75, 3.05) is 27.2 Å². The van der Waals surface area contributed by atoms with E-state index in [1.54, 1.807) is 0 Å². The van der Waals surface area contributed by atoms with E-state index in [0.717, 1.165) is 11.8 Å². The Kier molecular flexibility index (Phi) is 4.90. The molecule has 1 unspecified atom stereocenters. The highest BCUT2D eigenvalue weighted by atomic mass is 15.1. The van der Waals surface area contributed by atoms with E-state index < -0.39 is 0 Å². The van der Waals surface area contributed by atoms with Gasteiger partial charge in [0.1, 0.15) is 0 Å². The quantitative estimate of drug-likeness (QED) is 0.673. The number of likely N-dealkylation sites (N-methyl/N-ethyl adjacent to an activating group) is 1. The topological polar surface area (TPSA) is 15.3 Å². The van der Waals surface area contributed by atoms with Crippen molar-refractivity contribution in [1.29, 1.82) is 0 Å². The van der Waals surface area contributed by atoms with Gasteiger partial charge in [0, 0.05) is 12.6 Å². The lowest BCUT2D eigenvalue weighted by Gasteiger charge is -2.24. The van der Waals surface area contributed by atoms with E-state index in [0.29, 0.717) is 6.04 Å². The Morgan fingerprint density at radius 3 is 2.36 bits per heavy atom. The second kappa shape index (κ2) is 5.72. The first-order chi connectivity index (χ1) is 6.58. The van der Waals surface area contributed by atoms with E-state index in [-0.39, 0.29) is 0 Å². The molecular weight excluding hydrogens is 172 g/mol. The first-order valence-electron chi connectivity index (χ1n) is 5.96. The molecule has 1 fully saturated rings. The molecule has 1 aliphatic rings. The summed E-state index contributed by atoms with van der Waals surface area (Å²) in [5, 5.41) is 3.70. The Morgan fingerprint density at radius 1 is 1.29 bits per heavy atom. The third-order valence-electron chi connectivity index (χ3n) is 2.73. The zero-order chi connectivity index (χ0) is 10.6. The second-order valence-electron chi connectivity index (χ2n) is 5.44. The van der Waals surface area contributed by atoms with Crippen molar-refractivity contribution < 1.29 is 0 Å². The van der Waals surface area contributed by atoms with Gasteiger partial charge >= 0.3 is 0 Å². The minimum absolute atomic E-state index is 0.686. The molecule has 0 aliphatic heterocycles. The van der Waals surface area contributed by atoms with Crippen LogP contribution in [0.25, 0.3) is 0 Å². The Bertz CT molecular complexity index is 140. The molecular formula is C12H26N2. The van der Waals surface area contributed by atoms with E-state index in [9.17, 15) is 0 Å². The van der Waals surface area contributed by atoms with E-state index in [1.807, 2.05) is 0 Å². The minimum Gasteiger partial charge on any atom is -0.312 e. The summed E-state index contributed by atoms with van der Waals surface area (Å²) in [6.07, 6.45) is 4.19. The van der Waals surface area contributed by atoms with Gasteiger partial charge in [0.25, 0.3) is 0 Å². The zero-order valence-electron chi connectivity index (χ0n) is 10.2. The summed E-state index contributed by atoms with van der Waals surface area (Å²) in [6, 6.07) is 0.686. The number of nitrogens with zero attached hydrogens (tertiary/aromatic N) is 1. The highest BCUT2D eigenvalue weighted by Gasteiger charge is 2.22. The Labute approximate surface area is 89.1 Å². The molecule has 0 spiro atoms. The number of nitrogens with one attached hydrogen (secondary N) is 1. The smallest absolute Gasteiger partial charge is 0.0197 e. The molecule has 0 saturated heterocycles. The summed E-state index contributed by atoms with van der Waals surface area (Å²) in [5.41, 5.74) is 0. The van der Waals surface area contributed by atoms with E-state index in [1.165, 1.54) is 32.4 Å². The molecule has 0 radical (unpaired) electrons. The summed E-state index contributed by atoms with van der Waals surface area (Å²) in [4.78, 5) is 2.28. The van der Waals surface area contributed by atoms with Crippen LogP contribution in [-0.4, -0.2) is 38.1 Å². The van der Waals surface area contributed by atoms with Gasteiger partial charge < -0.3 is 10.2 Å². The molecule has 0 aromatic heterocycles. The molecule has 84 valence electrons. The average molecular weight is 198 g/mol. The van der Waals surface area contributed by atoms with Gasteiger partial charge in [0.15, 0.2) is 0 Å². The van der Waals surface area contributed by atoms with Crippen LogP contribution in [0.1, 0.15) is 33.1 Å². The summed E-state index contributed by atoms with van der Waals surface area (Å²) >= 11 is 0. The van der Waals surface area contributed by atoms with Gasteiger partial charge in [0.2, 0.25) is 0 Å². The van der Waals surface area contributed by atoms with Gasteiger partial charge in [-0.05, 0) is 51.7 Å². The lowest BCUT2D eigenvalue weighted by atomic mass is 10.0. The number of hydrogen-bond donors (Lipinski definition) is 1. The molecule has 1 rings (SSSR count). The second-order valence-corrected chi connectivity index (χ2v) is 5.44. The lowest BCUT2D eigenvalue weighted by molar-refractivity contribution is 0.304. The van der Waals surface area contributed by atoms with Crippen LogP contribution in [0, 0.1) is 11.8 Å². The molecule has 0 aromatic carbocycles. The van der Waals surface area contributed by atoms with Gasteiger partial charge in [-0.25, -0.2) is 0 Å². The molecule has 1 saturated carbocycles. The van der Waals surface area contributed by atoms with Crippen molar-refractivity contribution in [3.05, 3.63) is 0 Å². The minimum atomic E-state index is 0.686. The van der Waals surface area contributed by atoms with Crippen LogP contribution in [0.15, 0.2) is 0 Å². The van der Waals surface area contributed by atoms with Crippen LogP contribution in [0.4, 0.5) is 0 Å². The van der Waals surface area contributed by atoms with Crippen LogP contribution < -0.4 is 5.32 Å². The van der Waals surface area contributed by atoms with Crippen LogP contribution in [-0.2, 0) is 0 Å². The van der Waals surface area contributed by atoms with Crippen LogP contribution in [0.3, 0.4) is 0 Å². The normalized spacial score (nSPS) is 19.3. The van der Waals surface area contributed by atoms with Crippen molar-refractivity contribution in [1.82, 2.24) is 10.2 Å². The van der Waals surface area contributed by atoms with Crippen molar-refractivity contribution >= 4 is 0 Å². The fraction of sp³-hybridized carbons (Fsp3) is 1.00. The fourth-order valence-electron chi connectivity index (χ4n) is 1.89. The third-order valence-corrected chi connectivity index (χ3v) is 2.73. The lowest BCUT2D eigenvalue weighted by Crippen LogP contribution is -2.40. The van der Waals surface area contributed by atoms with Crippen molar-refractivity contribution in [3.8, 4) is 0 Å². The van der Waals surface area contributed by atoms with Crippen molar-refractivity contribution in [2.24, 2.45) is 11.8 Å². The maximum absolute atomic E-state index is 3.70. The SMILES string of the molecule is CC(C)CC(CN(C)C)NCC1CC1. The first-order valence-corrected chi connectivity index (χ1v) is 5.96. The van der Waals surface area contributed by atoms with Gasteiger partial charge in [-0.3, -0.25) is 0 Å². The molecule has 1 atom stereocenters. The highest BCUT2D eigenvalue weighted by molar-refractivity contribution is 4.79. The largest absolute Gasteiger partial charge is 0.312 e. The molecule has 14 heavy (non-hydrogen) atoms. The Balaban J connectivity index is 2.19. The fourth-order valence-corrected chi connectivity index (χ4v) is 1.89. The van der Waals surface area contributed by atoms with Gasteiger partial charge in [-0.1, -0.05) is 13.8 Å². The molecule has 2 heteroatoms. The van der Waals surface area contributed by atoms with E-state index in [4.69, 9.17) is 0 Å². The third kappa shape index (κ3) is 5.61. The summed E-state index contributed by atoms with van der Waals surface area (Å²) in [7, 11) is 4.32. The predicted octanol–water partition coefficient (Wildman–Crippen LogP) is 1.96. The predicted molar refractivity (Wildman–Crippen MR) is 62.5 cm³/mol. The Hall–Kier alpha value is -0.0800. The molecule has 0 bridgehead atoms. The molecule has 0 aromatic rings. The molecule has 0 amide bonds. The van der Waals surface area contributed by atoms with Crippen LogP contribution in [0.2, 0.25) is 0 Å².